The van der Waals surface area contributed by atoms with E-state index in [0.29, 0.717) is 17.1 Å². The van der Waals surface area contributed by atoms with Gasteiger partial charge in [-0.2, -0.15) is 0 Å². The summed E-state index contributed by atoms with van der Waals surface area (Å²) >= 11 is 0. The zero-order valence-corrected chi connectivity index (χ0v) is 24.6. The van der Waals surface area contributed by atoms with Gasteiger partial charge in [-0.3, -0.25) is 0 Å². The van der Waals surface area contributed by atoms with Gasteiger partial charge in [0, 0.05) is 6.42 Å². The third-order valence-electron chi connectivity index (χ3n) is 6.52. The van der Waals surface area contributed by atoms with Gasteiger partial charge in [-0.05, 0) is 89.1 Å². The second-order valence-corrected chi connectivity index (χ2v) is 12.0. The number of allylic oxidation sites excluding steroid dienone is 3. The Morgan fingerprint density at radius 1 is 1.03 bits per heavy atom. The first kappa shape index (κ1) is 30.0. The lowest BCUT2D eigenvalue weighted by Crippen LogP contribution is -2.46. The Labute approximate surface area is 233 Å². The molecule has 0 saturated carbocycles. The van der Waals surface area contributed by atoms with Crippen LogP contribution in [0.25, 0.3) is 6.08 Å². The standard InChI is InChI=1S/C33H43NO5/c1-22(2)37-28-17-12-18-29(25(28)21-26-23(3)14-13-19-33(26,7)8)38-30(35)27(20-24-15-10-9-11-16-24)34-31(36)39-32(4,5)6/h9-12,14-18,21-22,27H,13,19-20H2,1-8H3,(H,34,36)/b26-21+/t27-/m0/s1. The summed E-state index contributed by atoms with van der Waals surface area (Å²) in [6.45, 7) is 15.8. The predicted molar refractivity (Wildman–Crippen MR) is 156 cm³/mol. The Morgan fingerprint density at radius 2 is 1.69 bits per heavy atom. The summed E-state index contributed by atoms with van der Waals surface area (Å²) in [7, 11) is 0. The van der Waals surface area contributed by atoms with Crippen LogP contribution in [-0.4, -0.2) is 29.8 Å². The molecule has 6 nitrogen and oxygen atoms in total. The molecule has 1 aliphatic carbocycles. The minimum Gasteiger partial charge on any atom is -0.490 e. The molecule has 0 aromatic heterocycles. The van der Waals surface area contributed by atoms with Crippen LogP contribution in [-0.2, 0) is 16.0 Å². The van der Waals surface area contributed by atoms with Gasteiger partial charge >= 0.3 is 12.1 Å². The van der Waals surface area contributed by atoms with Crippen LogP contribution in [0, 0.1) is 5.41 Å². The molecule has 6 heteroatoms. The van der Waals surface area contributed by atoms with Crippen molar-refractivity contribution in [3.8, 4) is 11.5 Å². The maximum absolute atomic E-state index is 13.6. The summed E-state index contributed by atoms with van der Waals surface area (Å²) in [6.07, 6.45) is 5.89. The molecule has 1 N–H and O–H groups in total. The third-order valence-corrected chi connectivity index (χ3v) is 6.52. The molecule has 0 aliphatic heterocycles. The van der Waals surface area contributed by atoms with Gasteiger partial charge in [0.25, 0.3) is 0 Å². The van der Waals surface area contributed by atoms with E-state index in [2.05, 4.69) is 38.2 Å². The van der Waals surface area contributed by atoms with Crippen molar-refractivity contribution in [3.05, 3.63) is 76.9 Å². The third kappa shape index (κ3) is 8.74. The fourth-order valence-electron chi connectivity index (χ4n) is 4.67. The Bertz CT molecular complexity index is 1220. The van der Waals surface area contributed by atoms with E-state index in [4.69, 9.17) is 14.2 Å². The van der Waals surface area contributed by atoms with Gasteiger partial charge in [0.2, 0.25) is 0 Å². The van der Waals surface area contributed by atoms with Crippen LogP contribution in [0.1, 0.15) is 79.4 Å². The van der Waals surface area contributed by atoms with E-state index in [1.807, 2.05) is 56.3 Å². The van der Waals surface area contributed by atoms with Gasteiger partial charge in [0.1, 0.15) is 23.1 Å². The normalized spacial score (nSPS) is 16.8. The first-order valence-corrected chi connectivity index (χ1v) is 13.7. The van der Waals surface area contributed by atoms with Crippen LogP contribution in [0.15, 0.2) is 65.8 Å². The molecule has 2 aromatic carbocycles. The molecule has 39 heavy (non-hydrogen) atoms. The maximum atomic E-state index is 13.6. The van der Waals surface area contributed by atoms with Crippen LogP contribution >= 0.6 is 0 Å². The summed E-state index contributed by atoms with van der Waals surface area (Å²) in [6, 6.07) is 14.0. The van der Waals surface area contributed by atoms with Crippen molar-refractivity contribution in [1.29, 1.82) is 0 Å². The highest BCUT2D eigenvalue weighted by atomic mass is 16.6. The van der Waals surface area contributed by atoms with Crippen molar-refractivity contribution < 1.29 is 23.8 Å². The summed E-state index contributed by atoms with van der Waals surface area (Å²) in [5, 5.41) is 2.72. The highest BCUT2D eigenvalue weighted by molar-refractivity contribution is 5.84. The van der Waals surface area contributed by atoms with E-state index in [9.17, 15) is 9.59 Å². The largest absolute Gasteiger partial charge is 0.490 e. The van der Waals surface area contributed by atoms with Gasteiger partial charge in [0.05, 0.1) is 11.7 Å². The second-order valence-electron chi connectivity index (χ2n) is 12.0. The number of carbonyl (C=O) groups is 2. The molecule has 0 fully saturated rings. The van der Waals surface area contributed by atoms with Crippen molar-refractivity contribution in [1.82, 2.24) is 5.32 Å². The number of carbonyl (C=O) groups excluding carboxylic acids is 2. The van der Waals surface area contributed by atoms with Crippen LogP contribution in [0.4, 0.5) is 4.79 Å². The number of amides is 1. The lowest BCUT2D eigenvalue weighted by molar-refractivity contribution is -0.136. The monoisotopic (exact) mass is 533 g/mol. The van der Waals surface area contributed by atoms with Crippen molar-refractivity contribution in [3.63, 3.8) is 0 Å². The van der Waals surface area contributed by atoms with Crippen molar-refractivity contribution in [2.75, 3.05) is 0 Å². The van der Waals surface area contributed by atoms with Gasteiger partial charge in [-0.1, -0.05) is 61.9 Å². The number of esters is 1. The lowest BCUT2D eigenvalue weighted by atomic mass is 9.72. The van der Waals surface area contributed by atoms with E-state index in [0.717, 1.165) is 18.4 Å². The molecule has 1 amide bonds. The fraction of sp³-hybridized carbons (Fsp3) is 0.455. The van der Waals surface area contributed by atoms with Crippen LogP contribution in [0.2, 0.25) is 0 Å². The predicted octanol–water partition coefficient (Wildman–Crippen LogP) is 7.66. The number of nitrogens with one attached hydrogen (secondary N) is 1. The summed E-state index contributed by atoms with van der Waals surface area (Å²) in [4.78, 5) is 26.3. The Morgan fingerprint density at radius 3 is 2.31 bits per heavy atom. The Balaban J connectivity index is 2.00. The number of hydrogen-bond acceptors (Lipinski definition) is 5. The number of rotatable bonds is 8. The molecule has 210 valence electrons. The quantitative estimate of drug-likeness (QED) is 0.278. The highest BCUT2D eigenvalue weighted by Gasteiger charge is 2.30. The van der Waals surface area contributed by atoms with E-state index in [-0.39, 0.29) is 17.9 Å². The molecule has 1 atom stereocenters. The lowest BCUT2D eigenvalue weighted by Gasteiger charge is -2.33. The van der Waals surface area contributed by atoms with Gasteiger partial charge in [-0.15, -0.1) is 0 Å². The van der Waals surface area contributed by atoms with E-state index >= 15 is 0 Å². The van der Waals surface area contributed by atoms with Crippen LogP contribution < -0.4 is 14.8 Å². The fourth-order valence-corrected chi connectivity index (χ4v) is 4.67. The molecule has 0 radical (unpaired) electrons. The number of ether oxygens (including phenoxy) is 3. The van der Waals surface area contributed by atoms with Crippen LogP contribution in [0.5, 0.6) is 11.5 Å². The maximum Gasteiger partial charge on any atom is 0.408 e. The van der Waals surface area contributed by atoms with E-state index in [1.165, 1.54) is 11.1 Å². The Kier molecular flexibility index (Phi) is 9.65. The summed E-state index contributed by atoms with van der Waals surface area (Å²) in [5.41, 5.74) is 3.23. The van der Waals surface area contributed by atoms with E-state index in [1.54, 1.807) is 26.8 Å². The van der Waals surface area contributed by atoms with Gasteiger partial charge in [-0.25, -0.2) is 9.59 Å². The smallest absolute Gasteiger partial charge is 0.408 e. The number of hydrogen-bond donors (Lipinski definition) is 1. The zero-order valence-electron chi connectivity index (χ0n) is 24.6. The molecule has 1 aliphatic rings. The van der Waals surface area contributed by atoms with Crippen molar-refractivity contribution in [2.45, 2.75) is 92.4 Å². The molecule has 0 heterocycles. The second kappa shape index (κ2) is 12.5. The average Bonchev–Trinajstić information content (AvgIpc) is 2.81. The molecular weight excluding hydrogens is 490 g/mol. The Hall–Kier alpha value is -3.54. The SMILES string of the molecule is CC1=CCCC(C)(C)/C1=C/c1c(OC(=O)[C@H](Cc2ccccc2)NC(=O)OC(C)(C)C)cccc1OC(C)C. The summed E-state index contributed by atoms with van der Waals surface area (Å²) in [5.74, 6) is 0.432. The van der Waals surface area contributed by atoms with Crippen LogP contribution in [0.3, 0.4) is 0 Å². The first-order chi connectivity index (χ1) is 18.2. The molecule has 2 aromatic rings. The molecule has 0 spiro atoms. The van der Waals surface area contributed by atoms with Crippen molar-refractivity contribution in [2.24, 2.45) is 5.41 Å². The molecule has 0 saturated heterocycles. The topological polar surface area (TPSA) is 73.9 Å². The average molecular weight is 534 g/mol. The highest BCUT2D eigenvalue weighted by Crippen LogP contribution is 2.43. The number of benzene rings is 2. The number of alkyl carbamates (subject to hydrolysis) is 1. The molecule has 0 bridgehead atoms. The molecule has 0 unspecified atom stereocenters. The van der Waals surface area contributed by atoms with Gasteiger partial charge in [0.15, 0.2) is 0 Å². The summed E-state index contributed by atoms with van der Waals surface area (Å²) < 4.78 is 17.6. The van der Waals surface area contributed by atoms with Gasteiger partial charge < -0.3 is 19.5 Å². The minimum atomic E-state index is -0.954. The zero-order chi connectivity index (χ0) is 28.8. The molecule has 3 rings (SSSR count). The molecular formula is C33H43NO5. The van der Waals surface area contributed by atoms with E-state index < -0.39 is 23.7 Å². The van der Waals surface area contributed by atoms with Crippen molar-refractivity contribution >= 4 is 18.1 Å². The first-order valence-electron chi connectivity index (χ1n) is 13.7. The minimum absolute atomic E-state index is 0.0425.